The van der Waals surface area contributed by atoms with Crippen LogP contribution >= 0.6 is 0 Å². The highest BCUT2D eigenvalue weighted by Crippen LogP contribution is 2.27. The Kier molecular flexibility index (Phi) is 4.27. The summed E-state index contributed by atoms with van der Waals surface area (Å²) < 4.78 is 5.96. The zero-order valence-electron chi connectivity index (χ0n) is 12.8. The van der Waals surface area contributed by atoms with Crippen molar-refractivity contribution in [2.24, 2.45) is 0 Å². The Hall–Kier alpha value is -1.39. The molecule has 114 valence electrons. The van der Waals surface area contributed by atoms with Gasteiger partial charge in [0.1, 0.15) is 6.10 Å². The maximum absolute atomic E-state index is 12.4. The monoisotopic (exact) mass is 288 g/mol. The Labute approximate surface area is 126 Å². The first-order valence-electron chi connectivity index (χ1n) is 7.85. The van der Waals surface area contributed by atoms with E-state index in [0.29, 0.717) is 25.7 Å². The minimum Gasteiger partial charge on any atom is -0.370 e. The van der Waals surface area contributed by atoms with Gasteiger partial charge in [-0.15, -0.1) is 0 Å². The summed E-state index contributed by atoms with van der Waals surface area (Å²) in [7, 11) is 0. The van der Waals surface area contributed by atoms with Gasteiger partial charge >= 0.3 is 0 Å². The topological polar surface area (TPSA) is 41.6 Å². The van der Waals surface area contributed by atoms with Crippen LogP contribution in [0.25, 0.3) is 0 Å². The lowest BCUT2D eigenvalue weighted by molar-refractivity contribution is -0.143. The Balaban J connectivity index is 1.66. The number of ether oxygens (including phenoxy) is 1. The number of amides is 1. The van der Waals surface area contributed by atoms with Gasteiger partial charge in [-0.05, 0) is 37.8 Å². The summed E-state index contributed by atoms with van der Waals surface area (Å²) in [5.41, 5.74) is 2.41. The molecule has 2 fully saturated rings. The number of nitrogens with one attached hydrogen (secondary N) is 1. The Morgan fingerprint density at radius 1 is 1.38 bits per heavy atom. The van der Waals surface area contributed by atoms with Crippen LogP contribution < -0.4 is 5.32 Å². The molecule has 0 spiro atoms. The van der Waals surface area contributed by atoms with Gasteiger partial charge in [0.05, 0.1) is 25.7 Å². The number of rotatable bonds is 4. The van der Waals surface area contributed by atoms with Gasteiger partial charge in [-0.2, -0.15) is 0 Å². The first kappa shape index (κ1) is 14.5. The van der Waals surface area contributed by atoms with Gasteiger partial charge in [0.2, 0.25) is 5.91 Å². The second-order valence-electron chi connectivity index (χ2n) is 6.23. The molecule has 1 saturated carbocycles. The van der Waals surface area contributed by atoms with Crippen molar-refractivity contribution in [3.05, 3.63) is 35.4 Å². The third-order valence-corrected chi connectivity index (χ3v) is 4.41. The molecule has 1 aromatic carbocycles. The third kappa shape index (κ3) is 3.44. The van der Waals surface area contributed by atoms with Crippen LogP contribution in [0, 0.1) is 6.92 Å². The van der Waals surface area contributed by atoms with Gasteiger partial charge in [0, 0.05) is 6.04 Å². The van der Waals surface area contributed by atoms with E-state index in [9.17, 15) is 4.79 Å². The summed E-state index contributed by atoms with van der Waals surface area (Å²) in [6.45, 7) is 5.86. The quantitative estimate of drug-likeness (QED) is 0.922. The lowest BCUT2D eigenvalue weighted by Gasteiger charge is -2.38. The van der Waals surface area contributed by atoms with Crippen LogP contribution in [0.3, 0.4) is 0 Å². The standard InChI is InChI=1S/C17H24N2O2/c1-12-5-3-4-6-15(12)16-10-19(13(2)11-21-16)17(20)9-18-14-7-8-14/h3-6,13-14,16,18H,7-11H2,1-2H3/t13-,16+/m0/s1. The average Bonchev–Trinajstić information content (AvgIpc) is 3.30. The molecule has 3 rings (SSSR count). The van der Waals surface area contributed by atoms with Crippen LogP contribution in [0.2, 0.25) is 0 Å². The second-order valence-corrected chi connectivity index (χ2v) is 6.23. The first-order chi connectivity index (χ1) is 10.1. The Bertz CT molecular complexity index is 513. The van der Waals surface area contributed by atoms with E-state index >= 15 is 0 Å². The largest absolute Gasteiger partial charge is 0.370 e. The SMILES string of the molecule is Cc1ccccc1[C@H]1CN(C(=O)CNC2CC2)[C@@H](C)CO1. The van der Waals surface area contributed by atoms with E-state index in [1.54, 1.807) is 0 Å². The van der Waals surface area contributed by atoms with Crippen LogP contribution in [-0.4, -0.2) is 42.6 Å². The normalized spacial score (nSPS) is 25.9. The van der Waals surface area contributed by atoms with E-state index in [1.807, 2.05) is 17.0 Å². The molecule has 1 aliphatic heterocycles. The molecule has 21 heavy (non-hydrogen) atoms. The summed E-state index contributed by atoms with van der Waals surface area (Å²) in [6, 6.07) is 8.98. The second kappa shape index (κ2) is 6.16. The minimum absolute atomic E-state index is 0.00715. The smallest absolute Gasteiger partial charge is 0.236 e. The van der Waals surface area contributed by atoms with Crippen molar-refractivity contribution in [3.63, 3.8) is 0 Å². The van der Waals surface area contributed by atoms with Crippen molar-refractivity contribution in [2.75, 3.05) is 19.7 Å². The molecule has 0 unspecified atom stereocenters. The van der Waals surface area contributed by atoms with Crippen molar-refractivity contribution in [2.45, 2.75) is 44.9 Å². The molecule has 1 aromatic rings. The highest BCUT2D eigenvalue weighted by atomic mass is 16.5. The number of hydrogen-bond acceptors (Lipinski definition) is 3. The lowest BCUT2D eigenvalue weighted by atomic mass is 10.0. The van der Waals surface area contributed by atoms with Crippen molar-refractivity contribution >= 4 is 5.91 Å². The van der Waals surface area contributed by atoms with Gasteiger partial charge in [0.25, 0.3) is 0 Å². The van der Waals surface area contributed by atoms with Crippen molar-refractivity contribution in [1.82, 2.24) is 10.2 Å². The highest BCUT2D eigenvalue weighted by molar-refractivity contribution is 5.78. The van der Waals surface area contributed by atoms with Gasteiger partial charge < -0.3 is 15.0 Å². The van der Waals surface area contributed by atoms with Crippen LogP contribution in [0.1, 0.15) is 37.0 Å². The number of morpholine rings is 1. The van der Waals surface area contributed by atoms with E-state index in [2.05, 4.69) is 31.3 Å². The van der Waals surface area contributed by atoms with Gasteiger partial charge in [-0.3, -0.25) is 4.79 Å². The van der Waals surface area contributed by atoms with Gasteiger partial charge in [-0.1, -0.05) is 24.3 Å². The van der Waals surface area contributed by atoms with E-state index in [4.69, 9.17) is 4.74 Å². The lowest BCUT2D eigenvalue weighted by Crippen LogP contribution is -2.51. The molecule has 2 aliphatic rings. The molecular formula is C17H24N2O2. The molecule has 1 N–H and O–H groups in total. The summed E-state index contributed by atoms with van der Waals surface area (Å²) in [5.74, 6) is 0.191. The first-order valence-corrected chi connectivity index (χ1v) is 7.85. The predicted octanol–water partition coefficient (Wildman–Crippen LogP) is 2.04. The van der Waals surface area contributed by atoms with E-state index in [1.165, 1.54) is 24.0 Å². The predicted molar refractivity (Wildman–Crippen MR) is 82.1 cm³/mol. The molecule has 1 aliphatic carbocycles. The molecule has 0 radical (unpaired) electrons. The van der Waals surface area contributed by atoms with E-state index < -0.39 is 0 Å². The zero-order valence-corrected chi connectivity index (χ0v) is 12.8. The van der Waals surface area contributed by atoms with E-state index in [0.717, 1.165) is 0 Å². The van der Waals surface area contributed by atoms with Gasteiger partial charge in [-0.25, -0.2) is 0 Å². The number of carbonyl (C=O) groups excluding carboxylic acids is 1. The molecular weight excluding hydrogens is 264 g/mol. The zero-order chi connectivity index (χ0) is 14.8. The molecule has 1 saturated heterocycles. The van der Waals surface area contributed by atoms with Crippen LogP contribution in [0.4, 0.5) is 0 Å². The van der Waals surface area contributed by atoms with Crippen molar-refractivity contribution in [1.29, 1.82) is 0 Å². The van der Waals surface area contributed by atoms with Crippen LogP contribution in [0.15, 0.2) is 24.3 Å². The molecule has 1 amide bonds. The molecule has 0 aromatic heterocycles. The van der Waals surface area contributed by atoms with Crippen molar-refractivity contribution < 1.29 is 9.53 Å². The van der Waals surface area contributed by atoms with Crippen LogP contribution in [0.5, 0.6) is 0 Å². The van der Waals surface area contributed by atoms with Gasteiger partial charge in [0.15, 0.2) is 0 Å². The molecule has 1 heterocycles. The summed E-state index contributed by atoms with van der Waals surface area (Å²) in [4.78, 5) is 14.4. The maximum atomic E-state index is 12.4. The summed E-state index contributed by atoms with van der Waals surface area (Å²) in [5, 5.41) is 3.31. The fourth-order valence-electron chi connectivity index (χ4n) is 2.86. The number of nitrogens with zero attached hydrogens (tertiary/aromatic N) is 1. The molecule has 4 heteroatoms. The number of hydrogen-bond donors (Lipinski definition) is 1. The third-order valence-electron chi connectivity index (χ3n) is 4.41. The summed E-state index contributed by atoms with van der Waals surface area (Å²) >= 11 is 0. The Morgan fingerprint density at radius 2 is 2.14 bits per heavy atom. The van der Waals surface area contributed by atoms with E-state index in [-0.39, 0.29) is 18.1 Å². The fraction of sp³-hybridized carbons (Fsp3) is 0.588. The molecule has 2 atom stereocenters. The molecule has 4 nitrogen and oxygen atoms in total. The summed E-state index contributed by atoms with van der Waals surface area (Å²) in [6.07, 6.45) is 2.41. The van der Waals surface area contributed by atoms with Crippen LogP contribution in [-0.2, 0) is 9.53 Å². The molecule has 0 bridgehead atoms. The number of carbonyl (C=O) groups is 1. The Morgan fingerprint density at radius 3 is 2.86 bits per heavy atom. The highest BCUT2D eigenvalue weighted by Gasteiger charge is 2.31. The van der Waals surface area contributed by atoms with Crippen molar-refractivity contribution in [3.8, 4) is 0 Å². The number of benzene rings is 1. The number of aryl methyl sites for hydroxylation is 1. The average molecular weight is 288 g/mol. The maximum Gasteiger partial charge on any atom is 0.236 e. The minimum atomic E-state index is -0.00715. The fourth-order valence-corrected chi connectivity index (χ4v) is 2.86.